The van der Waals surface area contributed by atoms with E-state index < -0.39 is 18.0 Å². The van der Waals surface area contributed by atoms with Gasteiger partial charge in [0, 0.05) is 5.69 Å². The molecule has 1 aromatic carbocycles. The van der Waals surface area contributed by atoms with Crippen molar-refractivity contribution in [1.29, 1.82) is 0 Å². The minimum absolute atomic E-state index is 0.0214. The van der Waals surface area contributed by atoms with E-state index in [2.05, 4.69) is 15.6 Å². The van der Waals surface area contributed by atoms with Gasteiger partial charge in [0.05, 0.1) is 15.2 Å². The molecule has 0 radical (unpaired) electrons. The number of urea groups is 1. The van der Waals surface area contributed by atoms with Gasteiger partial charge in [-0.25, -0.2) is 9.78 Å². The fraction of sp³-hybridized carbons (Fsp3) is 0.400. The molecule has 3 amide bonds. The van der Waals surface area contributed by atoms with Crippen molar-refractivity contribution in [2.24, 2.45) is 11.7 Å². The van der Waals surface area contributed by atoms with Gasteiger partial charge in [0.25, 0.3) is 0 Å². The zero-order valence-corrected chi connectivity index (χ0v) is 13.7. The minimum Gasteiger partial charge on any atom is -0.368 e. The highest BCUT2D eigenvalue weighted by molar-refractivity contribution is 7.18. The van der Waals surface area contributed by atoms with Crippen molar-refractivity contribution < 1.29 is 9.59 Å². The van der Waals surface area contributed by atoms with Crippen LogP contribution in [0.2, 0.25) is 0 Å². The van der Waals surface area contributed by atoms with Crippen LogP contribution in [0.3, 0.4) is 0 Å². The summed E-state index contributed by atoms with van der Waals surface area (Å²) >= 11 is 1.60. The van der Waals surface area contributed by atoms with Gasteiger partial charge in [-0.15, -0.1) is 11.3 Å². The molecule has 0 bridgehead atoms. The molecule has 6 nitrogen and oxygen atoms in total. The van der Waals surface area contributed by atoms with Crippen LogP contribution < -0.4 is 16.4 Å². The van der Waals surface area contributed by atoms with Crippen LogP contribution in [0.25, 0.3) is 10.2 Å². The van der Waals surface area contributed by atoms with Crippen molar-refractivity contribution >= 4 is 39.2 Å². The number of nitrogens with one attached hydrogen (secondary N) is 2. The van der Waals surface area contributed by atoms with Crippen molar-refractivity contribution in [3.63, 3.8) is 0 Å². The molecule has 7 heteroatoms. The summed E-state index contributed by atoms with van der Waals surface area (Å²) in [7, 11) is 0. The molecule has 118 valence electrons. The quantitative estimate of drug-likeness (QED) is 0.790. The molecular formula is C15H20N4O2S. The number of aromatic nitrogens is 1. The summed E-state index contributed by atoms with van der Waals surface area (Å²) in [5.41, 5.74) is 6.81. The molecule has 0 fully saturated rings. The van der Waals surface area contributed by atoms with E-state index in [-0.39, 0.29) is 5.92 Å². The SMILES string of the molecule is CC[C@H](C)[C@H](NC(=O)Nc1ccc2sc(C)nc2c1)C(N)=O. The Kier molecular flexibility index (Phi) is 4.97. The minimum atomic E-state index is -0.685. The zero-order chi connectivity index (χ0) is 16.3. The first kappa shape index (κ1) is 16.2. The van der Waals surface area contributed by atoms with Crippen LogP contribution >= 0.6 is 11.3 Å². The number of carbonyl (C=O) groups is 2. The lowest BCUT2D eigenvalue weighted by atomic mass is 9.99. The Morgan fingerprint density at radius 2 is 2.14 bits per heavy atom. The number of hydrogen-bond donors (Lipinski definition) is 3. The van der Waals surface area contributed by atoms with Gasteiger partial charge in [-0.1, -0.05) is 20.3 Å². The summed E-state index contributed by atoms with van der Waals surface area (Å²) in [5.74, 6) is -0.554. The standard InChI is InChI=1S/C15H20N4O2S/c1-4-8(2)13(14(16)20)19-15(21)18-10-5-6-12-11(7-10)17-9(3)22-12/h5-8,13H,4H2,1-3H3,(H2,16,20)(H2,18,19,21)/t8-,13-/m0/s1. The number of anilines is 1. The number of rotatable bonds is 5. The second-order valence-corrected chi connectivity index (χ2v) is 6.51. The molecular weight excluding hydrogens is 300 g/mol. The molecule has 4 N–H and O–H groups in total. The molecule has 0 aliphatic carbocycles. The number of carbonyl (C=O) groups excluding carboxylic acids is 2. The Bertz CT molecular complexity index is 698. The smallest absolute Gasteiger partial charge is 0.319 e. The number of nitrogens with zero attached hydrogens (tertiary/aromatic N) is 1. The molecule has 2 aromatic rings. The second kappa shape index (κ2) is 6.74. The molecule has 0 spiro atoms. The Labute approximate surface area is 133 Å². The number of hydrogen-bond acceptors (Lipinski definition) is 4. The number of amides is 3. The normalized spacial score (nSPS) is 13.6. The van der Waals surface area contributed by atoms with Crippen LogP contribution in [0.15, 0.2) is 18.2 Å². The maximum absolute atomic E-state index is 12.0. The Balaban J connectivity index is 2.07. The van der Waals surface area contributed by atoms with Crippen molar-refractivity contribution in [3.05, 3.63) is 23.2 Å². The molecule has 0 aliphatic rings. The summed E-state index contributed by atoms with van der Waals surface area (Å²) in [4.78, 5) is 27.9. The van der Waals surface area contributed by atoms with E-state index in [1.165, 1.54) is 0 Å². The average Bonchev–Trinajstić information content (AvgIpc) is 2.83. The number of nitrogens with two attached hydrogens (primary N) is 1. The summed E-state index contributed by atoms with van der Waals surface area (Å²) in [6, 6.07) is 4.39. The Hall–Kier alpha value is -2.15. The topological polar surface area (TPSA) is 97.1 Å². The van der Waals surface area contributed by atoms with Crippen molar-refractivity contribution in [3.8, 4) is 0 Å². The van der Waals surface area contributed by atoms with Gasteiger partial charge < -0.3 is 16.4 Å². The lowest BCUT2D eigenvalue weighted by molar-refractivity contribution is -0.120. The van der Waals surface area contributed by atoms with Crippen LogP contribution in [-0.4, -0.2) is 23.0 Å². The largest absolute Gasteiger partial charge is 0.368 e. The number of benzene rings is 1. The first-order valence-corrected chi connectivity index (χ1v) is 7.96. The van der Waals surface area contributed by atoms with Crippen LogP contribution in [-0.2, 0) is 4.79 Å². The second-order valence-electron chi connectivity index (χ2n) is 5.28. The predicted molar refractivity (Wildman–Crippen MR) is 88.9 cm³/mol. The van der Waals surface area contributed by atoms with Gasteiger partial charge >= 0.3 is 6.03 Å². The molecule has 0 unspecified atom stereocenters. The molecule has 2 rings (SSSR count). The van der Waals surface area contributed by atoms with Gasteiger partial charge in [-0.05, 0) is 31.0 Å². The Morgan fingerprint density at radius 3 is 2.77 bits per heavy atom. The average molecular weight is 320 g/mol. The third-order valence-electron chi connectivity index (χ3n) is 3.56. The van der Waals surface area contributed by atoms with Crippen LogP contribution in [0.5, 0.6) is 0 Å². The molecule has 1 aromatic heterocycles. The van der Waals surface area contributed by atoms with Crippen molar-refractivity contribution in [2.75, 3.05) is 5.32 Å². The maximum atomic E-state index is 12.0. The molecule has 0 saturated heterocycles. The molecule has 0 saturated carbocycles. The molecule has 2 atom stereocenters. The fourth-order valence-electron chi connectivity index (χ4n) is 2.16. The summed E-state index contributed by atoms with van der Waals surface area (Å²) in [6.45, 7) is 5.76. The third-order valence-corrected chi connectivity index (χ3v) is 4.51. The lowest BCUT2D eigenvalue weighted by Crippen LogP contribution is -2.49. The summed E-state index contributed by atoms with van der Waals surface area (Å²) in [5, 5.41) is 6.32. The molecule has 22 heavy (non-hydrogen) atoms. The van der Waals surface area contributed by atoms with E-state index in [4.69, 9.17) is 5.73 Å². The van der Waals surface area contributed by atoms with Gasteiger partial charge in [0.2, 0.25) is 5.91 Å². The van der Waals surface area contributed by atoms with Crippen molar-refractivity contribution in [2.45, 2.75) is 33.2 Å². The third kappa shape index (κ3) is 3.73. The van der Waals surface area contributed by atoms with Gasteiger partial charge in [-0.2, -0.15) is 0 Å². The zero-order valence-electron chi connectivity index (χ0n) is 12.8. The lowest BCUT2D eigenvalue weighted by Gasteiger charge is -2.21. The van der Waals surface area contributed by atoms with E-state index in [1.807, 2.05) is 32.9 Å². The van der Waals surface area contributed by atoms with E-state index in [9.17, 15) is 9.59 Å². The van der Waals surface area contributed by atoms with E-state index in [0.717, 1.165) is 21.6 Å². The first-order valence-electron chi connectivity index (χ1n) is 7.14. The van der Waals surface area contributed by atoms with E-state index in [1.54, 1.807) is 17.4 Å². The highest BCUT2D eigenvalue weighted by atomic mass is 32.1. The monoisotopic (exact) mass is 320 g/mol. The number of aryl methyl sites for hydroxylation is 1. The number of thiazole rings is 1. The summed E-state index contributed by atoms with van der Waals surface area (Å²) < 4.78 is 1.07. The van der Waals surface area contributed by atoms with E-state index >= 15 is 0 Å². The van der Waals surface area contributed by atoms with Crippen molar-refractivity contribution in [1.82, 2.24) is 10.3 Å². The van der Waals surface area contributed by atoms with Gasteiger partial charge in [0.1, 0.15) is 6.04 Å². The van der Waals surface area contributed by atoms with E-state index in [0.29, 0.717) is 5.69 Å². The number of fused-ring (bicyclic) bond motifs is 1. The first-order chi connectivity index (χ1) is 10.4. The molecule has 1 heterocycles. The highest BCUT2D eigenvalue weighted by Gasteiger charge is 2.23. The maximum Gasteiger partial charge on any atom is 0.319 e. The highest BCUT2D eigenvalue weighted by Crippen LogP contribution is 2.24. The Morgan fingerprint density at radius 1 is 1.41 bits per heavy atom. The van der Waals surface area contributed by atoms with Crippen LogP contribution in [0.4, 0.5) is 10.5 Å². The fourth-order valence-corrected chi connectivity index (χ4v) is 2.97. The predicted octanol–water partition coefficient (Wildman–Crippen LogP) is 2.63. The summed E-state index contributed by atoms with van der Waals surface area (Å²) in [6.07, 6.45) is 0.748. The van der Waals surface area contributed by atoms with Crippen LogP contribution in [0.1, 0.15) is 25.3 Å². The van der Waals surface area contributed by atoms with Crippen LogP contribution in [0, 0.1) is 12.8 Å². The number of primary amides is 1. The molecule has 0 aliphatic heterocycles. The van der Waals surface area contributed by atoms with Gasteiger partial charge in [-0.3, -0.25) is 4.79 Å². The van der Waals surface area contributed by atoms with Gasteiger partial charge in [0.15, 0.2) is 0 Å².